The molecule has 1 saturated carbocycles. The highest BCUT2D eigenvalue weighted by Crippen LogP contribution is 2.39. The van der Waals surface area contributed by atoms with E-state index in [0.29, 0.717) is 24.1 Å². The van der Waals surface area contributed by atoms with Crippen molar-refractivity contribution in [1.82, 2.24) is 0 Å². The molecule has 1 aromatic rings. The molecule has 0 radical (unpaired) electrons. The summed E-state index contributed by atoms with van der Waals surface area (Å²) in [6.07, 6.45) is -2.15. The van der Waals surface area contributed by atoms with Crippen molar-refractivity contribution in [3.63, 3.8) is 0 Å². The summed E-state index contributed by atoms with van der Waals surface area (Å²) in [5.74, 6) is -1.33. The predicted octanol–water partition coefficient (Wildman–Crippen LogP) is 4.74. The van der Waals surface area contributed by atoms with Crippen molar-refractivity contribution in [3.8, 4) is 6.07 Å². The maximum absolute atomic E-state index is 13.0. The van der Waals surface area contributed by atoms with Gasteiger partial charge in [0.15, 0.2) is 0 Å². The minimum atomic E-state index is -4.19. The second-order valence-corrected chi connectivity index (χ2v) is 5.40. The lowest BCUT2D eigenvalue weighted by Crippen LogP contribution is -2.41. The molecule has 2 nitrogen and oxygen atoms in total. The van der Waals surface area contributed by atoms with Gasteiger partial charge >= 0.3 is 6.18 Å². The molecule has 2 rings (SSSR count). The molecule has 0 amide bonds. The summed E-state index contributed by atoms with van der Waals surface area (Å²) in [6, 6.07) is 5.89. The monoisotopic (exact) mass is 302 g/mol. The van der Waals surface area contributed by atoms with Crippen molar-refractivity contribution < 1.29 is 13.2 Å². The molecule has 20 heavy (non-hydrogen) atoms. The fourth-order valence-electron chi connectivity index (χ4n) is 2.61. The van der Waals surface area contributed by atoms with Crippen LogP contribution in [0.15, 0.2) is 18.2 Å². The fraction of sp³-hybridized carbons (Fsp3) is 0.500. The van der Waals surface area contributed by atoms with Gasteiger partial charge in [0.1, 0.15) is 6.07 Å². The van der Waals surface area contributed by atoms with E-state index in [-0.39, 0.29) is 11.4 Å². The van der Waals surface area contributed by atoms with Crippen molar-refractivity contribution in [3.05, 3.63) is 28.8 Å². The Kier molecular flexibility index (Phi) is 4.44. The Morgan fingerprint density at radius 2 is 1.95 bits per heavy atom. The van der Waals surface area contributed by atoms with Crippen molar-refractivity contribution in [2.24, 2.45) is 5.92 Å². The summed E-state index contributed by atoms with van der Waals surface area (Å²) >= 11 is 5.89. The van der Waals surface area contributed by atoms with Crippen LogP contribution in [-0.2, 0) is 0 Å². The average Bonchev–Trinajstić information content (AvgIpc) is 2.38. The van der Waals surface area contributed by atoms with E-state index >= 15 is 0 Å². The Balaban J connectivity index is 2.15. The average molecular weight is 303 g/mol. The smallest absolute Gasteiger partial charge is 0.382 e. The lowest BCUT2D eigenvalue weighted by molar-refractivity contribution is -0.184. The van der Waals surface area contributed by atoms with Crippen LogP contribution in [0.25, 0.3) is 0 Å². The van der Waals surface area contributed by atoms with Gasteiger partial charge in [0, 0.05) is 11.7 Å². The van der Waals surface area contributed by atoms with Gasteiger partial charge in [-0.1, -0.05) is 24.4 Å². The van der Waals surface area contributed by atoms with Gasteiger partial charge in [-0.3, -0.25) is 0 Å². The van der Waals surface area contributed by atoms with E-state index in [2.05, 4.69) is 5.32 Å². The largest absolute Gasteiger partial charge is 0.393 e. The predicted molar refractivity (Wildman–Crippen MR) is 71.6 cm³/mol. The van der Waals surface area contributed by atoms with E-state index in [9.17, 15) is 13.2 Å². The molecule has 2 unspecified atom stereocenters. The molecule has 0 heterocycles. The summed E-state index contributed by atoms with van der Waals surface area (Å²) in [5.41, 5.74) is 0.836. The van der Waals surface area contributed by atoms with Crippen molar-refractivity contribution >= 4 is 17.3 Å². The summed E-state index contributed by atoms with van der Waals surface area (Å²) in [5, 5.41) is 11.9. The number of nitrogens with one attached hydrogen (secondary N) is 1. The minimum Gasteiger partial charge on any atom is -0.382 e. The molecule has 1 N–H and O–H groups in total. The number of hydrogen-bond donors (Lipinski definition) is 1. The second-order valence-electron chi connectivity index (χ2n) is 4.99. The van der Waals surface area contributed by atoms with Crippen LogP contribution in [-0.4, -0.2) is 12.2 Å². The number of rotatable bonds is 2. The van der Waals surface area contributed by atoms with Crippen LogP contribution in [0.5, 0.6) is 0 Å². The van der Waals surface area contributed by atoms with E-state index in [4.69, 9.17) is 16.9 Å². The first kappa shape index (κ1) is 15.0. The molecule has 108 valence electrons. The molecule has 0 bridgehead atoms. The van der Waals surface area contributed by atoms with Gasteiger partial charge in [-0.25, -0.2) is 0 Å². The second kappa shape index (κ2) is 5.92. The highest BCUT2D eigenvalue weighted by atomic mass is 35.5. The lowest BCUT2D eigenvalue weighted by Gasteiger charge is -2.34. The highest BCUT2D eigenvalue weighted by molar-refractivity contribution is 6.32. The molecular weight excluding hydrogens is 289 g/mol. The Hall–Kier alpha value is -1.41. The SMILES string of the molecule is N#Cc1ccc(NC2CCCCC2C(F)(F)F)cc1Cl. The van der Waals surface area contributed by atoms with E-state index < -0.39 is 18.1 Å². The Morgan fingerprint density at radius 3 is 2.55 bits per heavy atom. The van der Waals surface area contributed by atoms with Crippen LogP contribution in [0.1, 0.15) is 31.2 Å². The molecule has 1 fully saturated rings. The number of benzene rings is 1. The number of nitrogens with zero attached hydrogens (tertiary/aromatic N) is 1. The quantitative estimate of drug-likeness (QED) is 0.856. The Labute approximate surface area is 120 Å². The third-order valence-corrected chi connectivity index (χ3v) is 3.94. The topological polar surface area (TPSA) is 35.8 Å². The molecular formula is C14H14ClF3N2. The van der Waals surface area contributed by atoms with Gasteiger partial charge in [0.2, 0.25) is 0 Å². The van der Waals surface area contributed by atoms with E-state index in [1.807, 2.05) is 6.07 Å². The zero-order chi connectivity index (χ0) is 14.8. The van der Waals surface area contributed by atoms with Crippen LogP contribution in [0, 0.1) is 17.2 Å². The zero-order valence-electron chi connectivity index (χ0n) is 10.7. The number of anilines is 1. The molecule has 0 aliphatic heterocycles. The van der Waals surface area contributed by atoms with Crippen molar-refractivity contribution in [2.75, 3.05) is 5.32 Å². The van der Waals surface area contributed by atoms with Crippen LogP contribution >= 0.6 is 11.6 Å². The lowest BCUT2D eigenvalue weighted by atomic mass is 9.84. The van der Waals surface area contributed by atoms with Crippen LogP contribution in [0.4, 0.5) is 18.9 Å². The molecule has 0 spiro atoms. The van der Waals surface area contributed by atoms with Gasteiger partial charge in [-0.15, -0.1) is 0 Å². The van der Waals surface area contributed by atoms with Gasteiger partial charge in [0.05, 0.1) is 16.5 Å². The number of alkyl halides is 3. The molecule has 0 saturated heterocycles. The van der Waals surface area contributed by atoms with E-state index in [0.717, 1.165) is 6.42 Å². The normalized spacial score (nSPS) is 23.1. The Morgan fingerprint density at radius 1 is 1.25 bits per heavy atom. The molecule has 6 heteroatoms. The summed E-state index contributed by atoms with van der Waals surface area (Å²) < 4.78 is 38.9. The third-order valence-electron chi connectivity index (χ3n) is 3.63. The molecule has 2 atom stereocenters. The number of halogens is 4. The fourth-order valence-corrected chi connectivity index (χ4v) is 2.83. The highest BCUT2D eigenvalue weighted by Gasteiger charge is 2.45. The first-order chi connectivity index (χ1) is 9.41. The third kappa shape index (κ3) is 3.37. The van der Waals surface area contributed by atoms with Crippen molar-refractivity contribution in [1.29, 1.82) is 5.26 Å². The van der Waals surface area contributed by atoms with Crippen LogP contribution in [0.3, 0.4) is 0 Å². The van der Waals surface area contributed by atoms with Crippen molar-refractivity contribution in [2.45, 2.75) is 37.9 Å². The first-order valence-electron chi connectivity index (χ1n) is 6.44. The van der Waals surface area contributed by atoms with Gasteiger partial charge in [-0.2, -0.15) is 18.4 Å². The molecule has 1 aliphatic rings. The van der Waals surface area contributed by atoms with Crippen LogP contribution < -0.4 is 5.32 Å². The Bertz CT molecular complexity index is 522. The zero-order valence-corrected chi connectivity index (χ0v) is 11.4. The summed E-state index contributed by atoms with van der Waals surface area (Å²) in [4.78, 5) is 0. The maximum Gasteiger partial charge on any atom is 0.393 e. The standard InChI is InChI=1S/C14H14ClF3N2/c15-12-7-10(6-5-9(12)8-19)20-13-4-2-1-3-11(13)14(16,17)18/h5-7,11,13,20H,1-4H2. The number of hydrogen-bond acceptors (Lipinski definition) is 2. The van der Waals surface area contributed by atoms with E-state index in [1.165, 1.54) is 12.1 Å². The van der Waals surface area contributed by atoms with E-state index in [1.54, 1.807) is 6.07 Å². The maximum atomic E-state index is 13.0. The van der Waals surface area contributed by atoms with Gasteiger partial charge in [0.25, 0.3) is 0 Å². The summed E-state index contributed by atoms with van der Waals surface area (Å²) in [7, 11) is 0. The van der Waals surface area contributed by atoms with Crippen LogP contribution in [0.2, 0.25) is 5.02 Å². The first-order valence-corrected chi connectivity index (χ1v) is 6.82. The minimum absolute atomic E-state index is 0.158. The molecule has 0 aromatic heterocycles. The summed E-state index contributed by atoms with van der Waals surface area (Å²) in [6.45, 7) is 0. The van der Waals surface area contributed by atoms with Gasteiger partial charge < -0.3 is 5.32 Å². The number of nitriles is 1. The molecule has 1 aliphatic carbocycles. The van der Waals surface area contributed by atoms with Gasteiger partial charge in [-0.05, 0) is 31.0 Å². The molecule has 1 aromatic carbocycles.